The summed E-state index contributed by atoms with van der Waals surface area (Å²) in [7, 11) is 0. The second-order valence-corrected chi connectivity index (χ2v) is 7.46. The summed E-state index contributed by atoms with van der Waals surface area (Å²) in [6.45, 7) is 7.82. The number of nitrogens with zero attached hydrogens (tertiary/aromatic N) is 1. The molecule has 1 N–H and O–H groups in total. The average Bonchev–Trinajstić information content (AvgIpc) is 2.47. The molecule has 0 saturated carbocycles. The van der Waals surface area contributed by atoms with Gasteiger partial charge < -0.3 is 5.32 Å². The molecule has 25 heavy (non-hydrogen) atoms. The van der Waals surface area contributed by atoms with E-state index in [-0.39, 0.29) is 30.9 Å². The molecule has 1 heterocycles. The number of hydrogen-bond acceptors (Lipinski definition) is 2. The molecule has 1 aliphatic rings. The van der Waals surface area contributed by atoms with Crippen molar-refractivity contribution < 1.29 is 13.2 Å². The van der Waals surface area contributed by atoms with Crippen molar-refractivity contribution in [2.24, 2.45) is 5.92 Å². The third kappa shape index (κ3) is 7.63. The number of alkyl halides is 3. The van der Waals surface area contributed by atoms with Crippen LogP contribution in [-0.4, -0.2) is 31.1 Å². The zero-order valence-corrected chi connectivity index (χ0v) is 17.6. The van der Waals surface area contributed by atoms with Crippen LogP contribution < -0.4 is 5.32 Å². The van der Waals surface area contributed by atoms with Gasteiger partial charge in [-0.25, -0.2) is 0 Å². The molecule has 0 radical (unpaired) electrons. The van der Waals surface area contributed by atoms with Gasteiger partial charge >= 0.3 is 6.18 Å². The molecule has 0 aliphatic carbocycles. The first-order valence-corrected chi connectivity index (χ1v) is 8.89. The van der Waals surface area contributed by atoms with Crippen molar-refractivity contribution in [3.05, 3.63) is 33.8 Å². The third-order valence-corrected chi connectivity index (χ3v) is 4.70. The fraction of sp³-hybridized carbons (Fsp3) is 0.647. The number of benzene rings is 1. The van der Waals surface area contributed by atoms with E-state index in [0.29, 0.717) is 10.4 Å². The van der Waals surface area contributed by atoms with Crippen molar-refractivity contribution in [2.45, 2.75) is 38.9 Å². The average molecular weight is 466 g/mol. The van der Waals surface area contributed by atoms with E-state index in [1.165, 1.54) is 6.07 Å². The lowest BCUT2D eigenvalue weighted by atomic mass is 9.94. The van der Waals surface area contributed by atoms with E-state index in [9.17, 15) is 13.2 Å². The summed E-state index contributed by atoms with van der Waals surface area (Å²) >= 11 is 3.25. The number of hydrogen-bond donors (Lipinski definition) is 1. The standard InChI is InChI=1S/C17H24BrF3N2.2ClH/c1-12(2)3-4-16(23-7-5-22-6-8-23)13-9-14(17(19,20)21)11-15(18)10-13;;/h9-12,16,22H,3-8H2,1-2H3;2*1H/t16-;;/m0../s1. The lowest BCUT2D eigenvalue weighted by Gasteiger charge is -2.36. The normalized spacial score (nSPS) is 16.9. The van der Waals surface area contributed by atoms with Gasteiger partial charge in [0.2, 0.25) is 0 Å². The van der Waals surface area contributed by atoms with Crippen molar-refractivity contribution in [1.29, 1.82) is 0 Å². The lowest BCUT2D eigenvalue weighted by Crippen LogP contribution is -2.45. The molecule has 146 valence electrons. The first kappa shape index (κ1) is 25.0. The van der Waals surface area contributed by atoms with E-state index in [0.717, 1.165) is 50.7 Å². The van der Waals surface area contributed by atoms with E-state index in [4.69, 9.17) is 0 Å². The number of nitrogens with one attached hydrogen (secondary N) is 1. The maximum Gasteiger partial charge on any atom is 0.416 e. The van der Waals surface area contributed by atoms with Crippen molar-refractivity contribution in [3.8, 4) is 0 Å². The summed E-state index contributed by atoms with van der Waals surface area (Å²) < 4.78 is 39.9. The Kier molecular flexibility index (Phi) is 11.0. The van der Waals surface area contributed by atoms with Crippen LogP contribution in [-0.2, 0) is 6.18 Å². The van der Waals surface area contributed by atoms with E-state index in [2.05, 4.69) is 40.0 Å². The summed E-state index contributed by atoms with van der Waals surface area (Å²) in [5.41, 5.74) is 0.181. The van der Waals surface area contributed by atoms with Gasteiger partial charge in [-0.3, -0.25) is 4.90 Å². The number of halogens is 6. The second-order valence-electron chi connectivity index (χ2n) is 6.54. The van der Waals surface area contributed by atoms with Crippen LogP contribution in [0.2, 0.25) is 0 Å². The van der Waals surface area contributed by atoms with Crippen molar-refractivity contribution in [2.75, 3.05) is 26.2 Å². The monoisotopic (exact) mass is 464 g/mol. The Bertz CT molecular complexity index is 521. The minimum atomic E-state index is -4.31. The summed E-state index contributed by atoms with van der Waals surface area (Å²) in [4.78, 5) is 2.31. The summed E-state index contributed by atoms with van der Waals surface area (Å²) in [5.74, 6) is 0.537. The van der Waals surface area contributed by atoms with Gasteiger partial charge in [0.25, 0.3) is 0 Å². The minimum Gasteiger partial charge on any atom is -0.314 e. The van der Waals surface area contributed by atoms with E-state index < -0.39 is 11.7 Å². The molecule has 1 atom stereocenters. The fourth-order valence-corrected chi connectivity index (χ4v) is 3.52. The Labute approximate surface area is 168 Å². The zero-order chi connectivity index (χ0) is 17.0. The summed E-state index contributed by atoms with van der Waals surface area (Å²) in [6.07, 6.45) is -2.43. The molecule has 0 amide bonds. The van der Waals surface area contributed by atoms with Gasteiger partial charge in [0.05, 0.1) is 5.56 Å². The Morgan fingerprint density at radius 3 is 2.20 bits per heavy atom. The highest BCUT2D eigenvalue weighted by molar-refractivity contribution is 9.10. The van der Waals surface area contributed by atoms with Crippen LogP contribution in [0.25, 0.3) is 0 Å². The predicted molar refractivity (Wildman–Crippen MR) is 105 cm³/mol. The van der Waals surface area contributed by atoms with E-state index >= 15 is 0 Å². The maximum atomic E-state index is 13.1. The van der Waals surface area contributed by atoms with Crippen molar-refractivity contribution in [3.63, 3.8) is 0 Å². The Morgan fingerprint density at radius 1 is 1.08 bits per heavy atom. The first-order valence-electron chi connectivity index (χ1n) is 8.10. The Balaban J connectivity index is 0.00000288. The predicted octanol–water partition coefficient (Wildman–Crippen LogP) is 5.69. The summed E-state index contributed by atoms with van der Waals surface area (Å²) in [6, 6.07) is 4.35. The van der Waals surface area contributed by atoms with E-state index in [1.54, 1.807) is 0 Å². The largest absolute Gasteiger partial charge is 0.416 e. The molecule has 1 aliphatic heterocycles. The van der Waals surface area contributed by atoms with Gasteiger partial charge in [0, 0.05) is 36.7 Å². The molecular formula is C17H26BrCl2F3N2. The highest BCUT2D eigenvalue weighted by Gasteiger charge is 2.32. The van der Waals surface area contributed by atoms with Crippen LogP contribution in [0.15, 0.2) is 22.7 Å². The second kappa shape index (κ2) is 11.0. The fourth-order valence-electron chi connectivity index (χ4n) is 3.01. The van der Waals surface area contributed by atoms with Gasteiger partial charge in [-0.2, -0.15) is 13.2 Å². The molecule has 1 aromatic carbocycles. The molecular weight excluding hydrogens is 440 g/mol. The molecule has 0 aromatic heterocycles. The molecule has 1 saturated heterocycles. The minimum absolute atomic E-state index is 0. The van der Waals surface area contributed by atoms with Crippen molar-refractivity contribution >= 4 is 40.7 Å². The van der Waals surface area contributed by atoms with Gasteiger partial charge in [0.1, 0.15) is 0 Å². The third-order valence-electron chi connectivity index (χ3n) is 4.24. The lowest BCUT2D eigenvalue weighted by molar-refractivity contribution is -0.137. The van der Waals surface area contributed by atoms with Crippen LogP contribution in [0.1, 0.15) is 43.9 Å². The molecule has 2 nitrogen and oxygen atoms in total. The van der Waals surface area contributed by atoms with Gasteiger partial charge in [-0.1, -0.05) is 29.8 Å². The van der Waals surface area contributed by atoms with Crippen LogP contribution in [0.4, 0.5) is 13.2 Å². The zero-order valence-electron chi connectivity index (χ0n) is 14.4. The maximum absolute atomic E-state index is 13.1. The van der Waals surface area contributed by atoms with Crippen molar-refractivity contribution in [1.82, 2.24) is 10.2 Å². The van der Waals surface area contributed by atoms with Gasteiger partial charge in [-0.05, 0) is 42.5 Å². The summed E-state index contributed by atoms with van der Waals surface area (Å²) in [5, 5.41) is 3.30. The topological polar surface area (TPSA) is 15.3 Å². The molecule has 1 fully saturated rings. The molecule has 8 heteroatoms. The SMILES string of the molecule is CC(C)CC[C@@H](c1cc(Br)cc(C(F)(F)F)c1)N1CCNCC1.Cl.Cl. The van der Waals surface area contributed by atoms with Crippen LogP contribution in [0.3, 0.4) is 0 Å². The first-order chi connectivity index (χ1) is 10.8. The highest BCUT2D eigenvalue weighted by atomic mass is 79.9. The van der Waals surface area contributed by atoms with Crippen LogP contribution in [0, 0.1) is 5.92 Å². The Hall–Kier alpha value is -0.0100. The van der Waals surface area contributed by atoms with Crippen LogP contribution >= 0.6 is 40.7 Å². The molecule has 1 aromatic rings. The van der Waals surface area contributed by atoms with Gasteiger partial charge in [-0.15, -0.1) is 24.8 Å². The smallest absolute Gasteiger partial charge is 0.314 e. The van der Waals surface area contributed by atoms with Crippen LogP contribution in [0.5, 0.6) is 0 Å². The Morgan fingerprint density at radius 2 is 1.68 bits per heavy atom. The number of rotatable bonds is 5. The molecule has 2 rings (SSSR count). The number of piperazine rings is 1. The van der Waals surface area contributed by atoms with Gasteiger partial charge in [0.15, 0.2) is 0 Å². The highest BCUT2D eigenvalue weighted by Crippen LogP contribution is 2.36. The molecule has 0 spiro atoms. The quantitative estimate of drug-likeness (QED) is 0.600. The van der Waals surface area contributed by atoms with E-state index in [1.807, 2.05) is 6.07 Å². The molecule has 0 unspecified atom stereocenters. The molecule has 0 bridgehead atoms.